The van der Waals surface area contributed by atoms with Gasteiger partial charge in [-0.25, -0.2) is 4.98 Å². The Morgan fingerprint density at radius 2 is 2.00 bits per heavy atom. The number of nitrogens with one attached hydrogen (secondary N) is 1. The average Bonchev–Trinajstić information content (AvgIpc) is 3.03. The van der Waals surface area contributed by atoms with E-state index >= 15 is 0 Å². The first kappa shape index (κ1) is 13.8. The van der Waals surface area contributed by atoms with Crippen molar-refractivity contribution in [2.45, 2.75) is 38.1 Å². The summed E-state index contributed by atoms with van der Waals surface area (Å²) in [7, 11) is 3.99. The first-order valence-corrected chi connectivity index (χ1v) is 8.23. The predicted molar refractivity (Wildman–Crippen MR) is 85.3 cm³/mol. The smallest absolute Gasteiger partial charge is 0.227 e. The molecule has 0 saturated carbocycles. The van der Waals surface area contributed by atoms with E-state index in [2.05, 4.69) is 10.2 Å². The number of amides is 1. The number of rotatable bonds is 2. The number of carbonyl (C=O) groups excluding carboxylic acids is 1. The molecule has 0 aromatic carbocycles. The van der Waals surface area contributed by atoms with Crippen molar-refractivity contribution in [3.8, 4) is 0 Å². The maximum atomic E-state index is 11.5. The first-order valence-electron chi connectivity index (χ1n) is 8.23. The van der Waals surface area contributed by atoms with Crippen molar-refractivity contribution in [1.29, 1.82) is 0 Å². The molecule has 6 nitrogen and oxygen atoms in total. The Balaban J connectivity index is 1.69. The molecule has 1 aliphatic carbocycles. The van der Waals surface area contributed by atoms with Gasteiger partial charge in [0.25, 0.3) is 0 Å². The SMILES string of the molecule is CN(C)c1nc2c(c(N3C[C@@H]4CC(=O)N[C@@H]4C3)n1)CCCC2. The minimum atomic E-state index is 0.202. The molecule has 3 aliphatic rings. The van der Waals surface area contributed by atoms with Crippen LogP contribution in [0.4, 0.5) is 11.8 Å². The van der Waals surface area contributed by atoms with Gasteiger partial charge in [0.15, 0.2) is 0 Å². The van der Waals surface area contributed by atoms with Crippen molar-refractivity contribution in [3.05, 3.63) is 11.3 Å². The summed E-state index contributed by atoms with van der Waals surface area (Å²) in [6.45, 7) is 1.81. The molecule has 0 bridgehead atoms. The molecule has 0 spiro atoms. The zero-order chi connectivity index (χ0) is 15.3. The van der Waals surface area contributed by atoms with E-state index in [4.69, 9.17) is 9.97 Å². The van der Waals surface area contributed by atoms with Gasteiger partial charge < -0.3 is 15.1 Å². The molecule has 0 radical (unpaired) electrons. The lowest BCUT2D eigenvalue weighted by atomic mass is 9.96. The van der Waals surface area contributed by atoms with Crippen molar-refractivity contribution >= 4 is 17.7 Å². The Kier molecular flexibility index (Phi) is 3.20. The Morgan fingerprint density at radius 1 is 1.18 bits per heavy atom. The van der Waals surface area contributed by atoms with Gasteiger partial charge in [0.2, 0.25) is 11.9 Å². The summed E-state index contributed by atoms with van der Waals surface area (Å²) in [6, 6.07) is 0.296. The average molecular weight is 301 g/mol. The van der Waals surface area contributed by atoms with E-state index in [9.17, 15) is 4.79 Å². The fourth-order valence-corrected chi connectivity index (χ4v) is 3.94. The number of nitrogens with zero attached hydrogens (tertiary/aromatic N) is 4. The van der Waals surface area contributed by atoms with Crippen molar-refractivity contribution in [2.75, 3.05) is 37.0 Å². The number of anilines is 2. The number of hydrogen-bond donors (Lipinski definition) is 1. The van der Waals surface area contributed by atoms with E-state index in [1.54, 1.807) is 0 Å². The van der Waals surface area contributed by atoms with Gasteiger partial charge in [-0.05, 0) is 25.7 Å². The summed E-state index contributed by atoms with van der Waals surface area (Å²) in [4.78, 5) is 25.5. The van der Waals surface area contributed by atoms with E-state index < -0.39 is 0 Å². The first-order chi connectivity index (χ1) is 10.6. The predicted octanol–water partition coefficient (Wildman–Crippen LogP) is 0.746. The third-order valence-electron chi connectivity index (χ3n) is 5.08. The van der Waals surface area contributed by atoms with Crippen LogP contribution in [0.5, 0.6) is 0 Å². The van der Waals surface area contributed by atoms with Crippen LogP contribution in [0.25, 0.3) is 0 Å². The molecule has 1 aromatic heterocycles. The van der Waals surface area contributed by atoms with Gasteiger partial charge in [-0.2, -0.15) is 4.98 Å². The van der Waals surface area contributed by atoms with Crippen LogP contribution in [0, 0.1) is 5.92 Å². The molecule has 2 atom stereocenters. The molecule has 1 N–H and O–H groups in total. The van der Waals surface area contributed by atoms with Crippen LogP contribution in [0.3, 0.4) is 0 Å². The fourth-order valence-electron chi connectivity index (χ4n) is 3.94. The van der Waals surface area contributed by atoms with E-state index in [-0.39, 0.29) is 5.91 Å². The summed E-state index contributed by atoms with van der Waals surface area (Å²) < 4.78 is 0. The van der Waals surface area contributed by atoms with Gasteiger partial charge in [0.05, 0.1) is 11.7 Å². The maximum Gasteiger partial charge on any atom is 0.227 e. The maximum absolute atomic E-state index is 11.5. The molecule has 1 amide bonds. The molecule has 22 heavy (non-hydrogen) atoms. The Morgan fingerprint density at radius 3 is 2.77 bits per heavy atom. The van der Waals surface area contributed by atoms with Crippen LogP contribution in [0.1, 0.15) is 30.5 Å². The highest BCUT2D eigenvalue weighted by atomic mass is 16.2. The summed E-state index contributed by atoms with van der Waals surface area (Å²) in [5.74, 6) is 2.55. The highest BCUT2D eigenvalue weighted by Crippen LogP contribution is 2.34. The third-order valence-corrected chi connectivity index (χ3v) is 5.08. The third kappa shape index (κ3) is 2.21. The second kappa shape index (κ2) is 5.11. The highest BCUT2D eigenvalue weighted by Gasteiger charge is 2.41. The molecule has 118 valence electrons. The van der Waals surface area contributed by atoms with E-state index in [0.717, 1.165) is 37.7 Å². The van der Waals surface area contributed by atoms with Crippen LogP contribution in [0.15, 0.2) is 0 Å². The number of fused-ring (bicyclic) bond motifs is 2. The van der Waals surface area contributed by atoms with Gasteiger partial charge in [0.1, 0.15) is 5.82 Å². The zero-order valence-corrected chi connectivity index (χ0v) is 13.3. The number of aromatic nitrogens is 2. The van der Waals surface area contributed by atoms with Crippen molar-refractivity contribution < 1.29 is 4.79 Å². The van der Waals surface area contributed by atoms with Gasteiger partial charge in [-0.3, -0.25) is 4.79 Å². The minimum Gasteiger partial charge on any atom is -0.354 e. The number of aryl methyl sites for hydroxylation is 1. The van der Waals surface area contributed by atoms with Gasteiger partial charge in [-0.15, -0.1) is 0 Å². The van der Waals surface area contributed by atoms with Gasteiger partial charge in [0, 0.05) is 45.1 Å². The molecule has 2 aliphatic heterocycles. The Bertz CT molecular complexity index is 599. The second-order valence-electron chi connectivity index (χ2n) is 6.92. The van der Waals surface area contributed by atoms with Gasteiger partial charge in [-0.1, -0.05) is 0 Å². The summed E-state index contributed by atoms with van der Waals surface area (Å²) in [6.07, 6.45) is 5.24. The van der Waals surface area contributed by atoms with E-state index in [1.807, 2.05) is 19.0 Å². The molecule has 6 heteroatoms. The normalized spacial score (nSPS) is 26.6. The van der Waals surface area contributed by atoms with Crippen LogP contribution in [0.2, 0.25) is 0 Å². The highest BCUT2D eigenvalue weighted by molar-refractivity contribution is 5.79. The lowest BCUT2D eigenvalue weighted by Gasteiger charge is -2.27. The van der Waals surface area contributed by atoms with Gasteiger partial charge >= 0.3 is 0 Å². The molecule has 1 aromatic rings. The largest absolute Gasteiger partial charge is 0.354 e. The van der Waals surface area contributed by atoms with Crippen molar-refractivity contribution in [1.82, 2.24) is 15.3 Å². The Labute approximate surface area is 130 Å². The standard InChI is InChI=1S/C16H23N5O/c1-20(2)16-18-12-6-4-3-5-11(12)15(19-16)21-8-10-7-14(22)17-13(10)9-21/h10,13H,3-9H2,1-2H3,(H,17,22)/t10-,13+/m0/s1. The zero-order valence-electron chi connectivity index (χ0n) is 13.3. The van der Waals surface area contributed by atoms with E-state index in [0.29, 0.717) is 18.4 Å². The lowest BCUT2D eigenvalue weighted by molar-refractivity contribution is -0.119. The number of carbonyl (C=O) groups is 1. The molecule has 3 heterocycles. The van der Waals surface area contributed by atoms with Crippen LogP contribution in [-0.4, -0.2) is 49.1 Å². The number of hydrogen-bond acceptors (Lipinski definition) is 5. The summed E-state index contributed by atoms with van der Waals surface area (Å²) in [5.41, 5.74) is 2.56. The Hall–Kier alpha value is -1.85. The molecular formula is C16H23N5O. The fraction of sp³-hybridized carbons (Fsp3) is 0.688. The summed E-state index contributed by atoms with van der Waals surface area (Å²) in [5, 5.41) is 3.10. The second-order valence-corrected chi connectivity index (χ2v) is 6.92. The monoisotopic (exact) mass is 301 g/mol. The molecule has 2 saturated heterocycles. The topological polar surface area (TPSA) is 61.4 Å². The minimum absolute atomic E-state index is 0.202. The van der Waals surface area contributed by atoms with Crippen molar-refractivity contribution in [2.24, 2.45) is 5.92 Å². The van der Waals surface area contributed by atoms with E-state index in [1.165, 1.54) is 24.1 Å². The molecule has 4 rings (SSSR count). The van der Waals surface area contributed by atoms with Crippen LogP contribution >= 0.6 is 0 Å². The van der Waals surface area contributed by atoms with Crippen LogP contribution in [-0.2, 0) is 17.6 Å². The summed E-state index contributed by atoms with van der Waals surface area (Å²) >= 11 is 0. The molecule has 0 unspecified atom stereocenters. The lowest BCUT2D eigenvalue weighted by Crippen LogP contribution is -2.33. The quantitative estimate of drug-likeness (QED) is 0.873. The molecule has 2 fully saturated rings. The molecular weight excluding hydrogens is 278 g/mol. The van der Waals surface area contributed by atoms with Crippen molar-refractivity contribution in [3.63, 3.8) is 0 Å². The van der Waals surface area contributed by atoms with Crippen LogP contribution < -0.4 is 15.1 Å².